The highest BCUT2D eigenvalue weighted by Crippen LogP contribution is 2.26. The van der Waals surface area contributed by atoms with Crippen LogP contribution in [0.4, 0.5) is 0 Å². The monoisotopic (exact) mass is 243 g/mol. The fourth-order valence-corrected chi connectivity index (χ4v) is 1.68. The van der Waals surface area contributed by atoms with Gasteiger partial charge in [0.2, 0.25) is 11.8 Å². The molecule has 2 amide bonds. The molecule has 0 rings (SSSR count). The second-order valence-corrected chi connectivity index (χ2v) is 5.08. The lowest BCUT2D eigenvalue weighted by atomic mass is 9.84. The maximum absolute atomic E-state index is 11.8. The van der Waals surface area contributed by atoms with Crippen LogP contribution in [0.3, 0.4) is 0 Å². The van der Waals surface area contributed by atoms with Crippen molar-refractivity contribution >= 4 is 11.8 Å². The molecular weight excluding hydrogens is 218 g/mol. The Morgan fingerprint density at radius 3 is 2.24 bits per heavy atom. The van der Waals surface area contributed by atoms with E-state index in [2.05, 4.69) is 13.8 Å². The molecule has 0 spiro atoms. The summed E-state index contributed by atoms with van der Waals surface area (Å²) in [7, 11) is 0. The minimum atomic E-state index is -0.471. The third-order valence-electron chi connectivity index (χ3n) is 2.92. The van der Waals surface area contributed by atoms with Crippen molar-refractivity contribution in [3.05, 3.63) is 0 Å². The first-order valence-corrected chi connectivity index (χ1v) is 6.08. The first-order chi connectivity index (χ1) is 7.82. The van der Waals surface area contributed by atoms with Crippen LogP contribution in [-0.4, -0.2) is 36.3 Å². The number of nitrogens with two attached hydrogens (primary N) is 2. The summed E-state index contributed by atoms with van der Waals surface area (Å²) in [5.74, 6) is -0.488. The van der Waals surface area contributed by atoms with Crippen LogP contribution in [0.1, 0.15) is 40.0 Å². The van der Waals surface area contributed by atoms with Gasteiger partial charge >= 0.3 is 0 Å². The number of rotatable bonds is 8. The second-order valence-electron chi connectivity index (χ2n) is 5.08. The molecule has 0 aromatic rings. The van der Waals surface area contributed by atoms with Gasteiger partial charge in [-0.1, -0.05) is 13.8 Å². The van der Waals surface area contributed by atoms with Gasteiger partial charge in [-0.05, 0) is 31.7 Å². The topological polar surface area (TPSA) is 89.4 Å². The number of hydrogen-bond acceptors (Lipinski definition) is 3. The van der Waals surface area contributed by atoms with Crippen molar-refractivity contribution in [3.8, 4) is 0 Å². The molecule has 0 fully saturated rings. The summed E-state index contributed by atoms with van der Waals surface area (Å²) in [6, 6.07) is 0. The largest absolute Gasteiger partial charge is 0.368 e. The second kappa shape index (κ2) is 7.27. The highest BCUT2D eigenvalue weighted by Gasteiger charge is 2.21. The lowest BCUT2D eigenvalue weighted by Crippen LogP contribution is -2.38. The molecule has 0 aromatic heterocycles. The third-order valence-corrected chi connectivity index (χ3v) is 2.92. The molecule has 5 nitrogen and oxygen atoms in total. The van der Waals surface area contributed by atoms with Crippen molar-refractivity contribution in [1.29, 1.82) is 0 Å². The van der Waals surface area contributed by atoms with E-state index >= 15 is 0 Å². The van der Waals surface area contributed by atoms with E-state index < -0.39 is 5.91 Å². The molecule has 0 radical (unpaired) electrons. The maximum Gasteiger partial charge on any atom is 0.237 e. The van der Waals surface area contributed by atoms with E-state index in [0.29, 0.717) is 19.5 Å². The summed E-state index contributed by atoms with van der Waals surface area (Å²) in [4.78, 5) is 24.1. The van der Waals surface area contributed by atoms with Crippen molar-refractivity contribution in [1.82, 2.24) is 4.90 Å². The normalized spacial score (nSPS) is 11.3. The molecular formula is C12H25N3O2. The van der Waals surface area contributed by atoms with Gasteiger partial charge in [-0.2, -0.15) is 0 Å². The van der Waals surface area contributed by atoms with Crippen LogP contribution in [0.15, 0.2) is 0 Å². The lowest BCUT2D eigenvalue weighted by molar-refractivity contribution is -0.135. The molecule has 0 aromatic carbocycles. The molecule has 0 aliphatic carbocycles. The average molecular weight is 243 g/mol. The van der Waals surface area contributed by atoms with Gasteiger partial charge in [0.15, 0.2) is 0 Å². The minimum absolute atomic E-state index is 0.00660. The Morgan fingerprint density at radius 2 is 1.82 bits per heavy atom. The Kier molecular flexibility index (Phi) is 6.80. The number of nitrogens with zero attached hydrogens (tertiary/aromatic N) is 1. The molecule has 17 heavy (non-hydrogen) atoms. The molecule has 0 atom stereocenters. The molecule has 0 aliphatic rings. The zero-order valence-corrected chi connectivity index (χ0v) is 11.2. The number of hydrogen-bond donors (Lipinski definition) is 2. The van der Waals surface area contributed by atoms with Crippen molar-refractivity contribution < 1.29 is 9.59 Å². The van der Waals surface area contributed by atoms with Crippen LogP contribution in [0.2, 0.25) is 0 Å². The van der Waals surface area contributed by atoms with Gasteiger partial charge in [-0.15, -0.1) is 0 Å². The Labute approximate surface area is 104 Å². The summed E-state index contributed by atoms with van der Waals surface area (Å²) in [5.41, 5.74) is 10.7. The molecule has 4 N–H and O–H groups in total. The smallest absolute Gasteiger partial charge is 0.237 e. The number of amides is 2. The first kappa shape index (κ1) is 15.9. The number of likely N-dealkylation sites (N-methyl/N-ethyl adjacent to an activating group) is 1. The molecule has 0 heterocycles. The van der Waals surface area contributed by atoms with Crippen LogP contribution in [0.25, 0.3) is 0 Å². The van der Waals surface area contributed by atoms with Gasteiger partial charge in [0.05, 0.1) is 6.54 Å². The Bertz CT molecular complexity index is 264. The zero-order valence-electron chi connectivity index (χ0n) is 11.2. The molecule has 0 saturated heterocycles. The first-order valence-electron chi connectivity index (χ1n) is 6.08. The molecule has 100 valence electrons. The molecule has 0 saturated carbocycles. The van der Waals surface area contributed by atoms with Gasteiger partial charge in [0.25, 0.3) is 0 Å². The van der Waals surface area contributed by atoms with Crippen molar-refractivity contribution in [2.75, 3.05) is 19.6 Å². The minimum Gasteiger partial charge on any atom is -0.368 e. The van der Waals surface area contributed by atoms with Crippen LogP contribution in [-0.2, 0) is 9.59 Å². The summed E-state index contributed by atoms with van der Waals surface area (Å²) in [6.45, 7) is 7.17. The van der Waals surface area contributed by atoms with E-state index in [1.54, 1.807) is 0 Å². The predicted octanol–water partition coefficient (Wildman–Crippen LogP) is 0.475. The molecule has 0 unspecified atom stereocenters. The summed E-state index contributed by atoms with van der Waals surface area (Å²) >= 11 is 0. The quantitative estimate of drug-likeness (QED) is 0.649. The van der Waals surface area contributed by atoms with Crippen molar-refractivity contribution in [3.63, 3.8) is 0 Å². The van der Waals surface area contributed by atoms with Gasteiger partial charge < -0.3 is 16.4 Å². The van der Waals surface area contributed by atoms with E-state index in [1.807, 2.05) is 6.92 Å². The van der Waals surface area contributed by atoms with E-state index in [0.717, 1.165) is 12.8 Å². The summed E-state index contributed by atoms with van der Waals surface area (Å²) in [5, 5.41) is 0. The fraction of sp³-hybridized carbons (Fsp3) is 0.833. The highest BCUT2D eigenvalue weighted by molar-refractivity contribution is 5.83. The van der Waals surface area contributed by atoms with Gasteiger partial charge in [-0.25, -0.2) is 0 Å². The van der Waals surface area contributed by atoms with E-state index in [9.17, 15) is 9.59 Å². The van der Waals surface area contributed by atoms with Gasteiger partial charge in [0, 0.05) is 13.0 Å². The van der Waals surface area contributed by atoms with E-state index in [4.69, 9.17) is 11.5 Å². The summed E-state index contributed by atoms with van der Waals surface area (Å²) < 4.78 is 0. The molecule has 0 aliphatic heterocycles. The number of primary amides is 1. The van der Waals surface area contributed by atoms with Crippen LogP contribution < -0.4 is 11.5 Å². The van der Waals surface area contributed by atoms with Crippen molar-refractivity contribution in [2.45, 2.75) is 40.0 Å². The maximum atomic E-state index is 11.8. The van der Waals surface area contributed by atoms with Gasteiger partial charge in [-0.3, -0.25) is 9.59 Å². The van der Waals surface area contributed by atoms with E-state index in [1.165, 1.54) is 4.90 Å². The lowest BCUT2D eigenvalue weighted by Gasteiger charge is -2.25. The third kappa shape index (κ3) is 6.94. The average Bonchev–Trinajstić information content (AvgIpc) is 2.22. The zero-order chi connectivity index (χ0) is 13.5. The summed E-state index contributed by atoms with van der Waals surface area (Å²) in [6.07, 6.45) is 2.11. The molecule has 5 heteroatoms. The van der Waals surface area contributed by atoms with E-state index in [-0.39, 0.29) is 17.9 Å². The number of carbonyl (C=O) groups excluding carboxylic acids is 2. The fourth-order valence-electron chi connectivity index (χ4n) is 1.68. The standard InChI is InChI=1S/C12H25N3O2/c1-4-15(9-10(14)16)11(17)5-6-12(2,3)7-8-13/h4-9,13H2,1-3H3,(H2,14,16). The van der Waals surface area contributed by atoms with Crippen LogP contribution in [0, 0.1) is 5.41 Å². The molecule has 0 bridgehead atoms. The highest BCUT2D eigenvalue weighted by atomic mass is 16.2. The van der Waals surface area contributed by atoms with Crippen LogP contribution in [0.5, 0.6) is 0 Å². The SMILES string of the molecule is CCN(CC(N)=O)C(=O)CCC(C)(C)CCN. The van der Waals surface area contributed by atoms with Crippen molar-refractivity contribution in [2.24, 2.45) is 16.9 Å². The Hall–Kier alpha value is -1.10. The van der Waals surface area contributed by atoms with Crippen LogP contribution >= 0.6 is 0 Å². The predicted molar refractivity (Wildman–Crippen MR) is 68.1 cm³/mol. The number of carbonyl (C=O) groups is 2. The Balaban J connectivity index is 4.19. The van der Waals surface area contributed by atoms with Gasteiger partial charge in [0.1, 0.15) is 0 Å². The Morgan fingerprint density at radius 1 is 1.24 bits per heavy atom.